The molecule has 0 aromatic carbocycles. The van der Waals surface area contributed by atoms with E-state index < -0.39 is 0 Å². The predicted octanol–water partition coefficient (Wildman–Crippen LogP) is 5.87. The molecule has 0 aliphatic rings. The summed E-state index contributed by atoms with van der Waals surface area (Å²) in [5.74, 6) is -0.0163. The Labute approximate surface area is 134 Å². The van der Waals surface area contributed by atoms with Crippen molar-refractivity contribution < 1.29 is 9.53 Å². The van der Waals surface area contributed by atoms with E-state index in [4.69, 9.17) is 4.74 Å². The lowest BCUT2D eigenvalue weighted by Crippen LogP contribution is -2.23. The van der Waals surface area contributed by atoms with Gasteiger partial charge in [0.2, 0.25) is 0 Å². The van der Waals surface area contributed by atoms with Gasteiger partial charge in [-0.05, 0) is 25.7 Å². The SMILES string of the molecule is CCC(C)(CC)COC(=O)CCCCCCCCCBr. The van der Waals surface area contributed by atoms with Crippen molar-refractivity contribution in [1.29, 1.82) is 0 Å². The van der Waals surface area contributed by atoms with Crippen LogP contribution in [0.1, 0.15) is 85.0 Å². The molecular formula is C17H33BrO2. The number of carbonyl (C=O) groups is 1. The lowest BCUT2D eigenvalue weighted by molar-refractivity contribution is -0.147. The number of hydrogen-bond acceptors (Lipinski definition) is 2. The second kappa shape index (κ2) is 12.7. The summed E-state index contributed by atoms with van der Waals surface area (Å²) in [4.78, 5) is 11.7. The molecule has 0 unspecified atom stereocenters. The second-order valence-electron chi connectivity index (χ2n) is 6.09. The van der Waals surface area contributed by atoms with Crippen LogP contribution in [0, 0.1) is 5.41 Å². The number of esters is 1. The fraction of sp³-hybridized carbons (Fsp3) is 0.941. The highest BCUT2D eigenvalue weighted by Gasteiger charge is 2.21. The van der Waals surface area contributed by atoms with Crippen molar-refractivity contribution in [3.8, 4) is 0 Å². The lowest BCUT2D eigenvalue weighted by atomic mass is 9.86. The number of alkyl halides is 1. The van der Waals surface area contributed by atoms with Gasteiger partial charge in [0, 0.05) is 17.2 Å². The molecule has 0 aliphatic carbocycles. The molecule has 20 heavy (non-hydrogen) atoms. The van der Waals surface area contributed by atoms with Crippen molar-refractivity contribution in [2.45, 2.75) is 85.0 Å². The molecule has 0 spiro atoms. The fourth-order valence-electron chi connectivity index (χ4n) is 2.03. The Morgan fingerprint density at radius 1 is 0.950 bits per heavy atom. The van der Waals surface area contributed by atoms with E-state index >= 15 is 0 Å². The molecule has 0 bridgehead atoms. The van der Waals surface area contributed by atoms with Crippen LogP contribution < -0.4 is 0 Å². The molecule has 0 N–H and O–H groups in total. The van der Waals surface area contributed by atoms with Gasteiger partial charge in [0.25, 0.3) is 0 Å². The molecule has 0 radical (unpaired) electrons. The molecule has 0 amide bonds. The minimum Gasteiger partial charge on any atom is -0.465 e. The van der Waals surface area contributed by atoms with Crippen molar-refractivity contribution in [1.82, 2.24) is 0 Å². The summed E-state index contributed by atoms with van der Waals surface area (Å²) in [5, 5.41) is 1.12. The maximum Gasteiger partial charge on any atom is 0.305 e. The molecule has 0 atom stereocenters. The summed E-state index contributed by atoms with van der Waals surface area (Å²) < 4.78 is 5.40. The third-order valence-electron chi connectivity index (χ3n) is 4.30. The zero-order chi connectivity index (χ0) is 15.3. The number of ether oxygens (including phenoxy) is 1. The Balaban J connectivity index is 3.45. The van der Waals surface area contributed by atoms with Crippen molar-refractivity contribution in [3.05, 3.63) is 0 Å². The second-order valence-corrected chi connectivity index (χ2v) is 6.89. The molecule has 0 heterocycles. The zero-order valence-corrected chi connectivity index (χ0v) is 15.3. The van der Waals surface area contributed by atoms with Crippen LogP contribution in [0.2, 0.25) is 0 Å². The van der Waals surface area contributed by atoms with Gasteiger partial charge in [-0.15, -0.1) is 0 Å². The summed E-state index contributed by atoms with van der Waals surface area (Å²) in [6, 6.07) is 0. The average Bonchev–Trinajstić information content (AvgIpc) is 2.47. The van der Waals surface area contributed by atoms with E-state index in [1.807, 2.05) is 0 Å². The number of halogens is 1. The van der Waals surface area contributed by atoms with Crippen molar-refractivity contribution in [2.24, 2.45) is 5.41 Å². The fourth-order valence-corrected chi connectivity index (χ4v) is 2.43. The maximum atomic E-state index is 11.7. The molecule has 0 rings (SSSR count). The van der Waals surface area contributed by atoms with Gasteiger partial charge in [0.15, 0.2) is 0 Å². The monoisotopic (exact) mass is 348 g/mol. The van der Waals surface area contributed by atoms with Crippen LogP contribution in [0.3, 0.4) is 0 Å². The van der Waals surface area contributed by atoms with Gasteiger partial charge in [-0.1, -0.05) is 68.8 Å². The first-order valence-electron chi connectivity index (χ1n) is 8.29. The molecule has 0 aromatic heterocycles. The summed E-state index contributed by atoms with van der Waals surface area (Å²) in [6.45, 7) is 7.08. The van der Waals surface area contributed by atoms with Crippen LogP contribution in [0.5, 0.6) is 0 Å². The molecule has 120 valence electrons. The van der Waals surface area contributed by atoms with Gasteiger partial charge in [-0.2, -0.15) is 0 Å². The van der Waals surface area contributed by atoms with E-state index in [0.717, 1.165) is 31.0 Å². The van der Waals surface area contributed by atoms with Crippen LogP contribution in [0.15, 0.2) is 0 Å². The van der Waals surface area contributed by atoms with Crippen LogP contribution >= 0.6 is 15.9 Å². The van der Waals surface area contributed by atoms with Gasteiger partial charge < -0.3 is 4.74 Å². The summed E-state index contributed by atoms with van der Waals surface area (Å²) in [5.41, 5.74) is 0.158. The van der Waals surface area contributed by atoms with Crippen molar-refractivity contribution >= 4 is 21.9 Å². The Morgan fingerprint density at radius 2 is 1.45 bits per heavy atom. The number of hydrogen-bond donors (Lipinski definition) is 0. The normalized spacial score (nSPS) is 11.6. The first kappa shape index (κ1) is 19.9. The first-order valence-corrected chi connectivity index (χ1v) is 9.41. The zero-order valence-electron chi connectivity index (χ0n) is 13.7. The number of unbranched alkanes of at least 4 members (excludes halogenated alkanes) is 6. The Kier molecular flexibility index (Phi) is 12.6. The average molecular weight is 349 g/mol. The number of rotatable bonds is 13. The summed E-state index contributed by atoms with van der Waals surface area (Å²) in [6.07, 6.45) is 11.3. The molecule has 0 aliphatic heterocycles. The van der Waals surface area contributed by atoms with Crippen molar-refractivity contribution in [3.63, 3.8) is 0 Å². The highest BCUT2D eigenvalue weighted by atomic mass is 79.9. The van der Waals surface area contributed by atoms with Crippen LogP contribution in [0.25, 0.3) is 0 Å². The third-order valence-corrected chi connectivity index (χ3v) is 4.86. The molecule has 0 fully saturated rings. The van der Waals surface area contributed by atoms with E-state index in [1.165, 1.54) is 32.1 Å². The molecule has 2 nitrogen and oxygen atoms in total. The van der Waals surface area contributed by atoms with Gasteiger partial charge in [0.1, 0.15) is 0 Å². The molecule has 0 aromatic rings. The summed E-state index contributed by atoms with van der Waals surface area (Å²) in [7, 11) is 0. The van der Waals surface area contributed by atoms with E-state index in [0.29, 0.717) is 13.0 Å². The van der Waals surface area contributed by atoms with Gasteiger partial charge in [-0.3, -0.25) is 4.79 Å². The molecule has 0 saturated heterocycles. The van der Waals surface area contributed by atoms with E-state index in [-0.39, 0.29) is 11.4 Å². The van der Waals surface area contributed by atoms with Crippen molar-refractivity contribution in [2.75, 3.05) is 11.9 Å². The van der Waals surface area contributed by atoms with E-state index in [1.54, 1.807) is 0 Å². The van der Waals surface area contributed by atoms with E-state index in [2.05, 4.69) is 36.7 Å². The van der Waals surface area contributed by atoms with Crippen LogP contribution in [0.4, 0.5) is 0 Å². The third kappa shape index (κ3) is 10.7. The first-order chi connectivity index (χ1) is 9.58. The molecule has 3 heteroatoms. The van der Waals surface area contributed by atoms with Gasteiger partial charge in [0.05, 0.1) is 6.61 Å². The van der Waals surface area contributed by atoms with Crippen LogP contribution in [-0.4, -0.2) is 17.9 Å². The largest absolute Gasteiger partial charge is 0.465 e. The Morgan fingerprint density at radius 3 is 1.95 bits per heavy atom. The predicted molar refractivity (Wildman–Crippen MR) is 90.4 cm³/mol. The highest BCUT2D eigenvalue weighted by molar-refractivity contribution is 9.09. The quantitative estimate of drug-likeness (QED) is 0.236. The lowest BCUT2D eigenvalue weighted by Gasteiger charge is -2.25. The molecular weight excluding hydrogens is 316 g/mol. The van der Waals surface area contributed by atoms with Gasteiger partial charge in [-0.25, -0.2) is 0 Å². The Hall–Kier alpha value is -0.0500. The standard InChI is InChI=1S/C17H33BrO2/c1-4-17(3,5-2)15-20-16(19)13-11-9-7-6-8-10-12-14-18/h4-15H2,1-3H3. The summed E-state index contributed by atoms with van der Waals surface area (Å²) >= 11 is 3.45. The minimum absolute atomic E-state index is 0.0163. The number of carbonyl (C=O) groups excluding carboxylic acids is 1. The smallest absolute Gasteiger partial charge is 0.305 e. The molecule has 0 saturated carbocycles. The maximum absolute atomic E-state index is 11.7. The minimum atomic E-state index is -0.0163. The van der Waals surface area contributed by atoms with Gasteiger partial charge >= 0.3 is 5.97 Å². The topological polar surface area (TPSA) is 26.3 Å². The Bertz CT molecular complexity index is 237. The van der Waals surface area contributed by atoms with Crippen LogP contribution in [-0.2, 0) is 9.53 Å². The van der Waals surface area contributed by atoms with E-state index in [9.17, 15) is 4.79 Å². The highest BCUT2D eigenvalue weighted by Crippen LogP contribution is 2.25.